The van der Waals surface area contributed by atoms with Crippen LogP contribution in [0.3, 0.4) is 0 Å². The van der Waals surface area contributed by atoms with E-state index in [1.165, 1.54) is 12.1 Å². The lowest BCUT2D eigenvalue weighted by molar-refractivity contribution is -0.137. The number of hydrogen-bond donors (Lipinski definition) is 1. The minimum Gasteiger partial charge on any atom is -0.324 e. The normalized spacial score (nSPS) is 11.4. The highest BCUT2D eigenvalue weighted by atomic mass is 35.5. The zero-order valence-corrected chi connectivity index (χ0v) is 13.7. The first-order valence-electron chi connectivity index (χ1n) is 6.75. The molecule has 0 saturated carbocycles. The van der Waals surface area contributed by atoms with E-state index in [0.717, 1.165) is 23.9 Å². The van der Waals surface area contributed by atoms with Crippen molar-refractivity contribution in [2.24, 2.45) is 0 Å². The molecule has 2 aromatic rings. The fraction of sp³-hybridized carbons (Fsp3) is 0.188. The summed E-state index contributed by atoms with van der Waals surface area (Å²) >= 11 is 6.85. The van der Waals surface area contributed by atoms with Gasteiger partial charge in [0, 0.05) is 5.75 Å². The van der Waals surface area contributed by atoms with Crippen molar-refractivity contribution in [1.82, 2.24) is 0 Å². The molecule has 0 atom stereocenters. The highest BCUT2D eigenvalue weighted by molar-refractivity contribution is 7.99. The Hall–Kier alpha value is -1.73. The van der Waals surface area contributed by atoms with Crippen LogP contribution in [0.2, 0.25) is 5.02 Å². The largest absolute Gasteiger partial charge is 0.418 e. The third-order valence-electron chi connectivity index (χ3n) is 3.03. The summed E-state index contributed by atoms with van der Waals surface area (Å²) in [7, 11) is 0. The lowest BCUT2D eigenvalue weighted by Gasteiger charge is -2.15. The van der Waals surface area contributed by atoms with Crippen LogP contribution in [-0.2, 0) is 16.7 Å². The molecule has 0 aliphatic heterocycles. The van der Waals surface area contributed by atoms with Crippen molar-refractivity contribution in [3.63, 3.8) is 0 Å². The lowest BCUT2D eigenvalue weighted by atomic mass is 10.1. The number of benzene rings is 2. The minimum atomic E-state index is -4.63. The average molecular weight is 378 g/mol. The standard InChI is InChI=1S/C16H12ClF4NOS/c17-12-6-3-5-11(16(19,20)21)15(12)22-14(23)9-24-8-10-4-1-2-7-13(10)18/h1-7H,8-9H2,(H,22,23). The van der Waals surface area contributed by atoms with Crippen LogP contribution in [0.25, 0.3) is 0 Å². The zero-order valence-electron chi connectivity index (χ0n) is 12.2. The summed E-state index contributed by atoms with van der Waals surface area (Å²) in [6.45, 7) is 0. The Morgan fingerprint density at radius 2 is 1.83 bits per heavy atom. The molecule has 1 amide bonds. The van der Waals surface area contributed by atoms with Crippen molar-refractivity contribution in [3.05, 3.63) is 64.4 Å². The molecule has 1 N–H and O–H groups in total. The van der Waals surface area contributed by atoms with Gasteiger partial charge in [0.05, 0.1) is 22.0 Å². The maximum atomic E-state index is 13.4. The number of anilines is 1. The predicted molar refractivity (Wildman–Crippen MR) is 87.6 cm³/mol. The molecule has 128 valence electrons. The second-order valence-corrected chi connectivity index (χ2v) is 6.19. The van der Waals surface area contributed by atoms with E-state index in [4.69, 9.17) is 11.6 Å². The number of thioether (sulfide) groups is 1. The van der Waals surface area contributed by atoms with Gasteiger partial charge in [0.1, 0.15) is 5.82 Å². The smallest absolute Gasteiger partial charge is 0.324 e. The second-order valence-electron chi connectivity index (χ2n) is 4.79. The summed E-state index contributed by atoms with van der Waals surface area (Å²) < 4.78 is 52.3. The Kier molecular flexibility index (Phi) is 6.12. The molecule has 0 aliphatic rings. The number of para-hydroxylation sites is 1. The zero-order chi connectivity index (χ0) is 17.7. The molecule has 2 rings (SSSR count). The van der Waals surface area contributed by atoms with E-state index >= 15 is 0 Å². The van der Waals surface area contributed by atoms with Crippen LogP contribution in [0.5, 0.6) is 0 Å². The number of alkyl halides is 3. The van der Waals surface area contributed by atoms with Gasteiger partial charge in [-0.1, -0.05) is 35.9 Å². The number of nitrogens with one attached hydrogen (secondary N) is 1. The fourth-order valence-electron chi connectivity index (χ4n) is 1.93. The van der Waals surface area contributed by atoms with Gasteiger partial charge in [-0.15, -0.1) is 11.8 Å². The van der Waals surface area contributed by atoms with Gasteiger partial charge in [-0.3, -0.25) is 4.79 Å². The maximum Gasteiger partial charge on any atom is 0.418 e. The van der Waals surface area contributed by atoms with Gasteiger partial charge in [0.2, 0.25) is 5.91 Å². The average Bonchev–Trinajstić information content (AvgIpc) is 2.50. The quantitative estimate of drug-likeness (QED) is 0.710. The molecule has 0 aliphatic carbocycles. The van der Waals surface area contributed by atoms with Crippen molar-refractivity contribution in [2.75, 3.05) is 11.1 Å². The van der Waals surface area contributed by atoms with Crippen LogP contribution in [-0.4, -0.2) is 11.7 Å². The number of rotatable bonds is 5. The van der Waals surface area contributed by atoms with Crippen molar-refractivity contribution in [3.8, 4) is 0 Å². The second kappa shape index (κ2) is 7.90. The van der Waals surface area contributed by atoms with E-state index in [2.05, 4.69) is 5.32 Å². The molecule has 0 aromatic heterocycles. The van der Waals surface area contributed by atoms with Gasteiger partial charge in [-0.25, -0.2) is 4.39 Å². The van der Waals surface area contributed by atoms with Crippen LogP contribution >= 0.6 is 23.4 Å². The van der Waals surface area contributed by atoms with E-state index in [1.54, 1.807) is 18.2 Å². The highest BCUT2D eigenvalue weighted by Crippen LogP contribution is 2.38. The molecule has 0 radical (unpaired) electrons. The van der Waals surface area contributed by atoms with Crippen LogP contribution in [0.1, 0.15) is 11.1 Å². The topological polar surface area (TPSA) is 29.1 Å². The van der Waals surface area contributed by atoms with Crippen molar-refractivity contribution in [2.45, 2.75) is 11.9 Å². The monoisotopic (exact) mass is 377 g/mol. The van der Waals surface area contributed by atoms with Crippen LogP contribution in [0, 0.1) is 5.82 Å². The summed E-state index contributed by atoms with van der Waals surface area (Å²) in [5.74, 6) is -0.934. The van der Waals surface area contributed by atoms with Gasteiger partial charge >= 0.3 is 6.18 Å². The SMILES string of the molecule is O=C(CSCc1ccccc1F)Nc1c(Cl)cccc1C(F)(F)F. The number of carbonyl (C=O) groups excluding carboxylic acids is 1. The molecule has 0 spiro atoms. The summed E-state index contributed by atoms with van der Waals surface area (Å²) in [4.78, 5) is 11.9. The Morgan fingerprint density at radius 3 is 2.50 bits per heavy atom. The minimum absolute atomic E-state index is 0.128. The molecular weight excluding hydrogens is 366 g/mol. The van der Waals surface area contributed by atoms with E-state index in [-0.39, 0.29) is 16.5 Å². The van der Waals surface area contributed by atoms with Crippen molar-refractivity contribution < 1.29 is 22.4 Å². The molecular formula is C16H12ClF4NOS. The third-order valence-corrected chi connectivity index (χ3v) is 4.33. The Morgan fingerprint density at radius 1 is 1.12 bits per heavy atom. The molecule has 24 heavy (non-hydrogen) atoms. The van der Waals surface area contributed by atoms with E-state index in [1.807, 2.05) is 0 Å². The van der Waals surface area contributed by atoms with E-state index < -0.39 is 29.2 Å². The van der Waals surface area contributed by atoms with Crippen LogP contribution in [0.4, 0.5) is 23.2 Å². The van der Waals surface area contributed by atoms with Gasteiger partial charge in [-0.2, -0.15) is 13.2 Å². The van der Waals surface area contributed by atoms with Crippen LogP contribution in [0.15, 0.2) is 42.5 Å². The first kappa shape index (κ1) is 18.6. The van der Waals surface area contributed by atoms with Gasteiger partial charge in [0.25, 0.3) is 0 Å². The van der Waals surface area contributed by atoms with Gasteiger partial charge < -0.3 is 5.32 Å². The number of hydrogen-bond acceptors (Lipinski definition) is 2. The van der Waals surface area contributed by atoms with Gasteiger partial charge in [0.15, 0.2) is 0 Å². The molecule has 0 fully saturated rings. The summed E-state index contributed by atoms with van der Waals surface area (Å²) in [6, 6.07) is 9.36. The summed E-state index contributed by atoms with van der Waals surface area (Å²) in [5.41, 5.74) is -1.06. The Bertz CT molecular complexity index is 736. The molecule has 0 bridgehead atoms. The Labute approximate surface area is 145 Å². The summed E-state index contributed by atoms with van der Waals surface area (Å²) in [5, 5.41) is 1.98. The van der Waals surface area contributed by atoms with Crippen molar-refractivity contribution in [1.29, 1.82) is 0 Å². The maximum absolute atomic E-state index is 13.4. The fourth-order valence-corrected chi connectivity index (χ4v) is 2.97. The number of carbonyl (C=O) groups is 1. The molecule has 8 heteroatoms. The molecule has 0 unspecified atom stereocenters. The van der Waals surface area contributed by atoms with Crippen LogP contribution < -0.4 is 5.32 Å². The van der Waals surface area contributed by atoms with E-state index in [9.17, 15) is 22.4 Å². The molecule has 0 saturated heterocycles. The predicted octanol–water partition coefficient (Wildman–Crippen LogP) is 5.37. The molecule has 0 heterocycles. The number of halogens is 5. The summed E-state index contributed by atoms with van der Waals surface area (Å²) in [6.07, 6.45) is -4.63. The highest BCUT2D eigenvalue weighted by Gasteiger charge is 2.34. The Balaban J connectivity index is 1.99. The first-order valence-corrected chi connectivity index (χ1v) is 8.29. The third kappa shape index (κ3) is 4.88. The van der Waals surface area contributed by atoms with E-state index in [0.29, 0.717) is 5.56 Å². The molecule has 2 aromatic carbocycles. The molecule has 2 nitrogen and oxygen atoms in total. The van der Waals surface area contributed by atoms with Crippen molar-refractivity contribution >= 4 is 35.0 Å². The number of amides is 1. The lowest BCUT2D eigenvalue weighted by Crippen LogP contribution is -2.18. The first-order chi connectivity index (χ1) is 11.3. The van der Waals surface area contributed by atoms with Gasteiger partial charge in [-0.05, 0) is 23.8 Å².